The molecule has 4 rings (SSSR count). The summed E-state index contributed by atoms with van der Waals surface area (Å²) in [5, 5.41) is 3.01. The number of imidazole rings is 1. The van der Waals surface area contributed by atoms with Crippen LogP contribution in [0.4, 0.5) is 0 Å². The van der Waals surface area contributed by atoms with Crippen molar-refractivity contribution in [3.63, 3.8) is 0 Å². The first-order valence-electron chi connectivity index (χ1n) is 8.97. The molecule has 1 saturated heterocycles. The zero-order valence-corrected chi connectivity index (χ0v) is 14.6. The molecule has 1 atom stereocenters. The van der Waals surface area contributed by atoms with Gasteiger partial charge in [-0.05, 0) is 18.6 Å². The summed E-state index contributed by atoms with van der Waals surface area (Å²) in [6.45, 7) is 5.19. The lowest BCUT2D eigenvalue weighted by molar-refractivity contribution is 0.0941. The highest BCUT2D eigenvalue weighted by atomic mass is 16.5. The zero-order valence-electron chi connectivity index (χ0n) is 14.6. The van der Waals surface area contributed by atoms with Gasteiger partial charge in [-0.2, -0.15) is 0 Å². The van der Waals surface area contributed by atoms with E-state index in [1.54, 1.807) is 0 Å². The molecule has 1 unspecified atom stereocenters. The number of nitrogens with one attached hydrogen (secondary N) is 1. The van der Waals surface area contributed by atoms with E-state index in [4.69, 9.17) is 4.74 Å². The smallest absolute Gasteiger partial charge is 0.268 e. The molecule has 2 aromatic rings. The average molecular weight is 343 g/mol. The van der Waals surface area contributed by atoms with Crippen LogP contribution in [0, 0.1) is 0 Å². The van der Waals surface area contributed by atoms with Crippen LogP contribution < -0.4 is 5.32 Å². The van der Waals surface area contributed by atoms with Crippen molar-refractivity contribution in [2.24, 2.45) is 7.05 Å². The molecule has 1 amide bonds. The lowest BCUT2D eigenvalue weighted by Gasteiger charge is -2.25. The Hall–Kier alpha value is -2.12. The molecule has 1 N–H and O–H groups in total. The number of aryl methyl sites for hydroxylation is 1. The minimum Gasteiger partial charge on any atom is -0.380 e. The van der Waals surface area contributed by atoms with Gasteiger partial charge in [-0.15, -0.1) is 0 Å². The summed E-state index contributed by atoms with van der Waals surface area (Å²) < 4.78 is 9.62. The predicted octanol–water partition coefficient (Wildman–Crippen LogP) is 0.799. The number of aromatic nitrogens is 3. The summed E-state index contributed by atoms with van der Waals surface area (Å²) in [6, 6.07) is 4.25. The maximum atomic E-state index is 12.3. The fourth-order valence-electron chi connectivity index (χ4n) is 3.78. The van der Waals surface area contributed by atoms with Gasteiger partial charge in [0.25, 0.3) is 5.91 Å². The van der Waals surface area contributed by atoms with Gasteiger partial charge in [-0.25, -0.2) is 4.98 Å². The second-order valence-electron chi connectivity index (χ2n) is 6.81. The van der Waals surface area contributed by atoms with E-state index in [0.29, 0.717) is 18.3 Å². The minimum atomic E-state index is -0.0543. The Morgan fingerprint density at radius 3 is 3.08 bits per heavy atom. The van der Waals surface area contributed by atoms with Crippen LogP contribution >= 0.6 is 0 Å². The van der Waals surface area contributed by atoms with Gasteiger partial charge < -0.3 is 19.2 Å². The van der Waals surface area contributed by atoms with Gasteiger partial charge in [-0.1, -0.05) is 0 Å². The Balaban J connectivity index is 1.40. The summed E-state index contributed by atoms with van der Waals surface area (Å²) in [5.74, 6) is 1.06. The van der Waals surface area contributed by atoms with Gasteiger partial charge in [-0.3, -0.25) is 9.69 Å². The second-order valence-corrected chi connectivity index (χ2v) is 6.81. The zero-order chi connectivity index (χ0) is 17.2. The third kappa shape index (κ3) is 3.34. The molecule has 7 heteroatoms. The first-order valence-corrected chi connectivity index (χ1v) is 8.97. The normalized spacial score (nSPS) is 21.1. The summed E-state index contributed by atoms with van der Waals surface area (Å²) >= 11 is 0. The Kier molecular flexibility index (Phi) is 4.59. The Morgan fingerprint density at radius 1 is 1.40 bits per heavy atom. The first-order chi connectivity index (χ1) is 12.2. The Bertz CT molecular complexity index is 744. The van der Waals surface area contributed by atoms with Crippen LogP contribution in [0.15, 0.2) is 24.5 Å². The van der Waals surface area contributed by atoms with E-state index >= 15 is 0 Å². The van der Waals surface area contributed by atoms with Crippen LogP contribution in [-0.2, 0) is 31.3 Å². The van der Waals surface area contributed by atoms with Crippen LogP contribution in [-0.4, -0.2) is 57.3 Å². The summed E-state index contributed by atoms with van der Waals surface area (Å²) in [7, 11) is 1.88. The first kappa shape index (κ1) is 16.4. The number of fused-ring (bicyclic) bond motifs is 1. The number of rotatable bonds is 4. The molecule has 0 bridgehead atoms. The molecule has 0 aromatic carbocycles. The maximum absolute atomic E-state index is 12.3. The highest BCUT2D eigenvalue weighted by molar-refractivity contribution is 5.92. The second kappa shape index (κ2) is 7.01. The summed E-state index contributed by atoms with van der Waals surface area (Å²) in [6.07, 6.45) is 5.85. The molecule has 0 saturated carbocycles. The van der Waals surface area contributed by atoms with Gasteiger partial charge in [0.2, 0.25) is 0 Å². The number of ether oxygens (including phenoxy) is 1. The largest absolute Gasteiger partial charge is 0.380 e. The van der Waals surface area contributed by atoms with E-state index in [9.17, 15) is 4.79 Å². The standard InChI is InChI=1S/C18H25N5O2/c1-21-6-2-3-16(21)18(24)20-12-15-11-19-17-4-7-22(8-9-23(15)17)14-5-10-25-13-14/h2-3,6,11,14H,4-5,7-10,12-13H2,1H3,(H,20,24). The molecular weight excluding hydrogens is 318 g/mol. The van der Waals surface area contributed by atoms with E-state index in [0.717, 1.165) is 57.2 Å². The van der Waals surface area contributed by atoms with Gasteiger partial charge in [0.15, 0.2) is 0 Å². The van der Waals surface area contributed by atoms with Crippen molar-refractivity contribution >= 4 is 5.91 Å². The van der Waals surface area contributed by atoms with Crippen molar-refractivity contribution in [3.05, 3.63) is 41.7 Å². The molecule has 2 aromatic heterocycles. The summed E-state index contributed by atoms with van der Waals surface area (Å²) in [5.41, 5.74) is 1.74. The summed E-state index contributed by atoms with van der Waals surface area (Å²) in [4.78, 5) is 19.4. The number of amides is 1. The number of hydrogen-bond donors (Lipinski definition) is 1. The molecule has 1 fully saturated rings. The van der Waals surface area contributed by atoms with Crippen molar-refractivity contribution in [2.45, 2.75) is 32.0 Å². The lowest BCUT2D eigenvalue weighted by Crippen LogP contribution is -2.37. The van der Waals surface area contributed by atoms with Crippen LogP contribution in [0.5, 0.6) is 0 Å². The monoisotopic (exact) mass is 343 g/mol. The van der Waals surface area contributed by atoms with Crippen molar-refractivity contribution in [1.82, 2.24) is 24.3 Å². The van der Waals surface area contributed by atoms with Gasteiger partial charge in [0.05, 0.1) is 25.0 Å². The number of hydrogen-bond acceptors (Lipinski definition) is 4. The Labute approximate surface area is 147 Å². The number of carbonyl (C=O) groups is 1. The van der Waals surface area contributed by atoms with E-state index in [-0.39, 0.29) is 5.91 Å². The molecule has 134 valence electrons. The molecule has 0 spiro atoms. The highest BCUT2D eigenvalue weighted by Gasteiger charge is 2.26. The highest BCUT2D eigenvalue weighted by Crippen LogP contribution is 2.17. The quantitative estimate of drug-likeness (QED) is 0.892. The third-order valence-electron chi connectivity index (χ3n) is 5.28. The van der Waals surface area contributed by atoms with Crippen molar-refractivity contribution < 1.29 is 9.53 Å². The van der Waals surface area contributed by atoms with Crippen LogP contribution in [0.3, 0.4) is 0 Å². The van der Waals surface area contributed by atoms with E-state index in [1.807, 2.05) is 36.1 Å². The van der Waals surface area contributed by atoms with Crippen LogP contribution in [0.1, 0.15) is 28.4 Å². The third-order valence-corrected chi connectivity index (χ3v) is 5.28. The van der Waals surface area contributed by atoms with Gasteiger partial charge in [0, 0.05) is 51.9 Å². The fourth-order valence-corrected chi connectivity index (χ4v) is 3.78. The van der Waals surface area contributed by atoms with E-state index < -0.39 is 0 Å². The molecule has 4 heterocycles. The molecule has 0 radical (unpaired) electrons. The topological polar surface area (TPSA) is 64.3 Å². The minimum absolute atomic E-state index is 0.0543. The number of nitrogens with zero attached hydrogens (tertiary/aromatic N) is 4. The predicted molar refractivity (Wildman–Crippen MR) is 93.3 cm³/mol. The SMILES string of the molecule is Cn1cccc1C(=O)NCc1cnc2n1CCN(C1CCOC1)CC2. The van der Waals surface area contributed by atoms with Gasteiger partial charge in [0.1, 0.15) is 11.5 Å². The van der Waals surface area contributed by atoms with Crippen molar-refractivity contribution in [2.75, 3.05) is 26.3 Å². The molecule has 7 nitrogen and oxygen atoms in total. The molecular formula is C18H25N5O2. The van der Waals surface area contributed by atoms with E-state index in [1.165, 1.54) is 0 Å². The Morgan fingerprint density at radius 2 is 2.32 bits per heavy atom. The van der Waals surface area contributed by atoms with Crippen LogP contribution in [0.25, 0.3) is 0 Å². The van der Waals surface area contributed by atoms with Crippen molar-refractivity contribution in [1.29, 1.82) is 0 Å². The maximum Gasteiger partial charge on any atom is 0.268 e. The van der Waals surface area contributed by atoms with E-state index in [2.05, 4.69) is 19.8 Å². The van der Waals surface area contributed by atoms with Crippen LogP contribution in [0.2, 0.25) is 0 Å². The molecule has 2 aliphatic heterocycles. The lowest BCUT2D eigenvalue weighted by atomic mass is 10.2. The fraction of sp³-hybridized carbons (Fsp3) is 0.556. The average Bonchev–Trinajstić information content (AvgIpc) is 3.33. The molecule has 25 heavy (non-hydrogen) atoms. The van der Waals surface area contributed by atoms with Crippen molar-refractivity contribution in [3.8, 4) is 0 Å². The number of carbonyl (C=O) groups excluding carboxylic acids is 1. The molecule has 2 aliphatic rings. The van der Waals surface area contributed by atoms with Gasteiger partial charge >= 0.3 is 0 Å². The molecule has 0 aliphatic carbocycles.